The van der Waals surface area contributed by atoms with E-state index in [4.69, 9.17) is 5.11 Å². The third-order valence-corrected chi connectivity index (χ3v) is 1.27. The zero-order valence-corrected chi connectivity index (χ0v) is 6.40. The molecule has 0 fully saturated rings. The van der Waals surface area contributed by atoms with Crippen molar-refractivity contribution in [2.45, 2.75) is 13.3 Å². The first-order chi connectivity index (χ1) is 5.09. The summed E-state index contributed by atoms with van der Waals surface area (Å²) in [5.74, 6) is 0.194. The van der Waals surface area contributed by atoms with E-state index < -0.39 is 5.97 Å². The van der Waals surface area contributed by atoms with Gasteiger partial charge in [-0.15, -0.1) is 0 Å². The molecule has 5 nitrogen and oxygen atoms in total. The molecule has 0 amide bonds. The molecular weight excluding hydrogens is 146 g/mol. The summed E-state index contributed by atoms with van der Waals surface area (Å²) >= 11 is 0. The van der Waals surface area contributed by atoms with Crippen molar-refractivity contribution in [3.05, 3.63) is 11.6 Å². The highest BCUT2D eigenvalue weighted by atomic mass is 16.4. The highest BCUT2D eigenvalue weighted by Crippen LogP contribution is 1.95. The molecule has 11 heavy (non-hydrogen) atoms. The number of carboxylic acids is 1. The normalized spacial score (nSPS) is 10.0. The Morgan fingerprint density at radius 3 is 2.73 bits per heavy atom. The van der Waals surface area contributed by atoms with Crippen molar-refractivity contribution in [3.63, 3.8) is 0 Å². The second kappa shape index (κ2) is 2.69. The summed E-state index contributed by atoms with van der Waals surface area (Å²) in [6.45, 7) is 1.73. The van der Waals surface area contributed by atoms with Crippen molar-refractivity contribution >= 4 is 5.97 Å². The number of hydrogen-bond donors (Lipinski definition) is 1. The molecule has 0 atom stereocenters. The Labute approximate surface area is 63.7 Å². The van der Waals surface area contributed by atoms with Crippen LogP contribution in [-0.2, 0) is 18.3 Å². The average Bonchev–Trinajstić information content (AvgIpc) is 2.09. The molecule has 60 valence electrons. The number of carbonyl (C=O) groups is 1. The molecule has 5 heteroatoms. The molecule has 1 N–H and O–H groups in total. The molecule has 1 rings (SSSR count). The summed E-state index contributed by atoms with van der Waals surface area (Å²) in [4.78, 5) is 14.2. The van der Waals surface area contributed by atoms with Crippen molar-refractivity contribution in [1.29, 1.82) is 0 Å². The summed E-state index contributed by atoms with van der Waals surface area (Å²) in [5, 5.41) is 12.3. The summed E-state index contributed by atoms with van der Waals surface area (Å²) in [6.07, 6.45) is -0.0721. The number of carboxylic acid groups (broad SMARTS) is 1. The van der Waals surface area contributed by atoms with Crippen molar-refractivity contribution in [1.82, 2.24) is 14.8 Å². The van der Waals surface area contributed by atoms with E-state index in [-0.39, 0.29) is 6.42 Å². The second-order valence-corrected chi connectivity index (χ2v) is 2.27. The minimum atomic E-state index is -0.888. The van der Waals surface area contributed by atoms with Gasteiger partial charge in [0.25, 0.3) is 0 Å². The largest absolute Gasteiger partial charge is 0.481 e. The first kappa shape index (κ1) is 7.71. The van der Waals surface area contributed by atoms with E-state index >= 15 is 0 Å². The molecule has 0 bridgehead atoms. The number of nitrogens with zero attached hydrogens (tertiary/aromatic N) is 3. The lowest BCUT2D eigenvalue weighted by Crippen LogP contribution is -2.06. The van der Waals surface area contributed by atoms with Gasteiger partial charge in [-0.3, -0.25) is 9.48 Å². The Balaban J connectivity index is 2.85. The molecule has 0 saturated heterocycles. The maximum absolute atomic E-state index is 10.2. The smallest absolute Gasteiger partial charge is 0.311 e. The number of aliphatic carboxylic acids is 1. The zero-order valence-electron chi connectivity index (χ0n) is 6.40. The fraction of sp³-hybridized carbons (Fsp3) is 0.500. The van der Waals surface area contributed by atoms with Crippen molar-refractivity contribution in [2.24, 2.45) is 7.05 Å². The lowest BCUT2D eigenvalue weighted by molar-refractivity contribution is -0.136. The van der Waals surface area contributed by atoms with Gasteiger partial charge in [0.15, 0.2) is 0 Å². The predicted molar refractivity (Wildman–Crippen MR) is 37.1 cm³/mol. The minimum absolute atomic E-state index is 0.0721. The minimum Gasteiger partial charge on any atom is -0.481 e. The van der Waals surface area contributed by atoms with Crippen molar-refractivity contribution < 1.29 is 9.90 Å². The molecule has 0 aliphatic carbocycles. The van der Waals surface area contributed by atoms with Crippen LogP contribution in [0.25, 0.3) is 0 Å². The molecule has 0 aliphatic heterocycles. The van der Waals surface area contributed by atoms with Crippen LogP contribution in [0.3, 0.4) is 0 Å². The Bertz CT molecular complexity index is 279. The van der Waals surface area contributed by atoms with Crippen LogP contribution in [0.5, 0.6) is 0 Å². The highest BCUT2D eigenvalue weighted by Gasteiger charge is 2.07. The molecule has 1 aromatic rings. The van der Waals surface area contributed by atoms with Gasteiger partial charge in [0.2, 0.25) is 0 Å². The van der Waals surface area contributed by atoms with E-state index in [0.717, 1.165) is 0 Å². The lowest BCUT2D eigenvalue weighted by atomic mass is 10.4. The first-order valence-electron chi connectivity index (χ1n) is 3.18. The van der Waals surface area contributed by atoms with E-state index in [9.17, 15) is 4.79 Å². The van der Waals surface area contributed by atoms with Crippen LogP contribution in [0.15, 0.2) is 0 Å². The van der Waals surface area contributed by atoms with E-state index in [1.165, 1.54) is 4.68 Å². The van der Waals surface area contributed by atoms with Gasteiger partial charge < -0.3 is 5.11 Å². The third-order valence-electron chi connectivity index (χ3n) is 1.27. The van der Waals surface area contributed by atoms with Crippen LogP contribution >= 0.6 is 0 Å². The van der Waals surface area contributed by atoms with Crippen LogP contribution in [0.2, 0.25) is 0 Å². The summed E-state index contributed by atoms with van der Waals surface area (Å²) < 4.78 is 1.48. The van der Waals surface area contributed by atoms with Gasteiger partial charge in [-0.1, -0.05) is 0 Å². The molecule has 0 spiro atoms. The fourth-order valence-corrected chi connectivity index (χ4v) is 0.845. The molecule has 0 aromatic carbocycles. The number of hydrogen-bond acceptors (Lipinski definition) is 3. The highest BCUT2D eigenvalue weighted by molar-refractivity contribution is 5.68. The van der Waals surface area contributed by atoms with E-state index in [1.54, 1.807) is 14.0 Å². The van der Waals surface area contributed by atoms with Crippen molar-refractivity contribution in [3.8, 4) is 0 Å². The molecular formula is C6H9N3O2. The maximum Gasteiger partial charge on any atom is 0.311 e. The van der Waals surface area contributed by atoms with Crippen LogP contribution in [0, 0.1) is 6.92 Å². The molecule has 1 aromatic heterocycles. The predicted octanol–water partition coefficient (Wildman–Crippen LogP) is -0.249. The second-order valence-electron chi connectivity index (χ2n) is 2.27. The van der Waals surface area contributed by atoms with Crippen LogP contribution in [0.1, 0.15) is 11.6 Å². The standard InChI is InChI=1S/C6H9N3O2/c1-4-7-5(3-6(10)11)9(2)8-4/h3H2,1-2H3,(H,10,11). The fourth-order valence-electron chi connectivity index (χ4n) is 0.845. The van der Waals surface area contributed by atoms with Crippen molar-refractivity contribution in [2.75, 3.05) is 0 Å². The van der Waals surface area contributed by atoms with Gasteiger partial charge in [0.1, 0.15) is 18.1 Å². The van der Waals surface area contributed by atoms with E-state index in [0.29, 0.717) is 11.6 Å². The molecule has 0 unspecified atom stereocenters. The average molecular weight is 155 g/mol. The van der Waals surface area contributed by atoms with Gasteiger partial charge in [-0.2, -0.15) is 5.10 Å². The van der Waals surface area contributed by atoms with Crippen LogP contribution in [-0.4, -0.2) is 25.8 Å². The van der Waals surface area contributed by atoms with E-state index in [1.807, 2.05) is 0 Å². The summed E-state index contributed by atoms with van der Waals surface area (Å²) in [6, 6.07) is 0. The quantitative estimate of drug-likeness (QED) is 0.639. The topological polar surface area (TPSA) is 68.0 Å². The monoisotopic (exact) mass is 155 g/mol. The van der Waals surface area contributed by atoms with Crippen LogP contribution in [0.4, 0.5) is 0 Å². The molecule has 0 aliphatic rings. The Morgan fingerprint density at radius 1 is 1.73 bits per heavy atom. The first-order valence-corrected chi connectivity index (χ1v) is 3.18. The Hall–Kier alpha value is -1.39. The third kappa shape index (κ3) is 1.76. The zero-order chi connectivity index (χ0) is 8.43. The Kier molecular flexibility index (Phi) is 1.89. The number of aromatic nitrogens is 3. The van der Waals surface area contributed by atoms with Crippen LogP contribution < -0.4 is 0 Å². The molecule has 0 saturated carbocycles. The van der Waals surface area contributed by atoms with Gasteiger partial charge in [0.05, 0.1) is 0 Å². The Morgan fingerprint density at radius 2 is 2.36 bits per heavy atom. The number of aryl methyl sites for hydroxylation is 2. The van der Waals surface area contributed by atoms with E-state index in [2.05, 4.69) is 10.1 Å². The summed E-state index contributed by atoms with van der Waals surface area (Å²) in [7, 11) is 1.68. The SMILES string of the molecule is Cc1nc(CC(=O)O)n(C)n1. The van der Waals surface area contributed by atoms with Gasteiger partial charge >= 0.3 is 5.97 Å². The number of rotatable bonds is 2. The summed E-state index contributed by atoms with van der Waals surface area (Å²) in [5.41, 5.74) is 0. The molecule has 0 radical (unpaired) electrons. The van der Waals surface area contributed by atoms with Gasteiger partial charge in [-0.05, 0) is 6.92 Å². The maximum atomic E-state index is 10.2. The lowest BCUT2D eigenvalue weighted by Gasteiger charge is -1.92. The van der Waals surface area contributed by atoms with Gasteiger partial charge in [-0.25, -0.2) is 4.98 Å². The van der Waals surface area contributed by atoms with Gasteiger partial charge in [0, 0.05) is 7.05 Å². The molecule has 1 heterocycles.